The molecule has 0 spiro atoms. The molecule has 158 valence electrons. The number of rotatable bonds is 6. The Bertz CT molecular complexity index is 1240. The van der Waals surface area contributed by atoms with Crippen molar-refractivity contribution in [1.29, 1.82) is 0 Å². The van der Waals surface area contributed by atoms with Crippen molar-refractivity contribution in [3.05, 3.63) is 76.3 Å². The molecule has 1 heterocycles. The van der Waals surface area contributed by atoms with Gasteiger partial charge in [-0.15, -0.1) is 0 Å². The first-order valence-electron chi connectivity index (χ1n) is 9.85. The van der Waals surface area contributed by atoms with Crippen molar-refractivity contribution < 1.29 is 13.9 Å². The molecule has 0 fully saturated rings. The number of halogens is 2. The summed E-state index contributed by atoms with van der Waals surface area (Å²) < 4.78 is 11.5. The molecule has 1 unspecified atom stereocenters. The number of aromatic nitrogens is 1. The molecule has 3 aromatic carbocycles. The lowest BCUT2D eigenvalue weighted by molar-refractivity contribution is -0.122. The normalized spacial score (nSPS) is 12.0. The molecule has 5 nitrogen and oxygen atoms in total. The van der Waals surface area contributed by atoms with Gasteiger partial charge in [-0.3, -0.25) is 4.79 Å². The summed E-state index contributed by atoms with van der Waals surface area (Å²) >= 11 is 12.0. The third-order valence-electron chi connectivity index (χ3n) is 4.83. The number of fused-ring (bicyclic) bond motifs is 1. The molecule has 1 atom stereocenters. The van der Waals surface area contributed by atoms with Crippen LogP contribution in [0.3, 0.4) is 0 Å². The van der Waals surface area contributed by atoms with Crippen LogP contribution in [0.1, 0.15) is 19.4 Å². The second-order valence-corrected chi connectivity index (χ2v) is 7.92. The summed E-state index contributed by atoms with van der Waals surface area (Å²) in [4.78, 5) is 17.1. The Morgan fingerprint density at radius 3 is 2.58 bits per heavy atom. The van der Waals surface area contributed by atoms with Gasteiger partial charge < -0.3 is 14.5 Å². The number of hydrogen-bond donors (Lipinski definition) is 1. The van der Waals surface area contributed by atoms with Crippen LogP contribution in [0.25, 0.3) is 22.6 Å². The molecule has 0 saturated heterocycles. The lowest BCUT2D eigenvalue weighted by atomic mass is 10.1. The fourth-order valence-electron chi connectivity index (χ4n) is 3.07. The fourth-order valence-corrected chi connectivity index (χ4v) is 3.52. The van der Waals surface area contributed by atoms with Gasteiger partial charge in [0, 0.05) is 16.3 Å². The van der Waals surface area contributed by atoms with Crippen LogP contribution in [0.15, 0.2) is 65.1 Å². The molecular weight excluding hydrogens is 435 g/mol. The van der Waals surface area contributed by atoms with Gasteiger partial charge in [-0.05, 0) is 67.4 Å². The van der Waals surface area contributed by atoms with E-state index in [1.165, 1.54) is 5.56 Å². The highest BCUT2D eigenvalue weighted by Gasteiger charge is 2.17. The molecule has 0 radical (unpaired) electrons. The highest BCUT2D eigenvalue weighted by molar-refractivity contribution is 6.35. The number of hydrogen-bond acceptors (Lipinski definition) is 4. The molecule has 0 saturated carbocycles. The molecule has 4 rings (SSSR count). The van der Waals surface area contributed by atoms with Crippen LogP contribution in [0.4, 0.5) is 5.69 Å². The largest absolute Gasteiger partial charge is 0.479 e. The Hall–Kier alpha value is -3.02. The van der Waals surface area contributed by atoms with Crippen molar-refractivity contribution in [3.63, 3.8) is 0 Å². The average Bonchev–Trinajstić information content (AvgIpc) is 3.19. The minimum atomic E-state index is -0.765. The lowest BCUT2D eigenvalue weighted by Gasteiger charge is -2.15. The van der Waals surface area contributed by atoms with Crippen molar-refractivity contribution in [2.45, 2.75) is 26.4 Å². The van der Waals surface area contributed by atoms with E-state index in [-0.39, 0.29) is 5.91 Å². The first kappa shape index (κ1) is 21.2. The highest BCUT2D eigenvalue weighted by Crippen LogP contribution is 2.29. The van der Waals surface area contributed by atoms with Gasteiger partial charge in [-0.1, -0.05) is 42.3 Å². The van der Waals surface area contributed by atoms with E-state index >= 15 is 0 Å². The number of benzene rings is 3. The molecule has 0 bridgehead atoms. The molecule has 0 aliphatic carbocycles. The van der Waals surface area contributed by atoms with Gasteiger partial charge in [0.05, 0.1) is 5.02 Å². The zero-order chi connectivity index (χ0) is 22.0. The smallest absolute Gasteiger partial charge is 0.265 e. The molecule has 31 heavy (non-hydrogen) atoms. The van der Waals surface area contributed by atoms with E-state index in [4.69, 9.17) is 32.4 Å². The standard InChI is InChI=1S/C24H20Cl2N2O3/c1-3-15-4-6-16(7-5-15)24-28-20-13-18(9-11-22(20)31-24)27-23(29)14(2)30-21-10-8-17(25)12-19(21)26/h4-14H,3H2,1-2H3,(H,27,29). The van der Waals surface area contributed by atoms with Crippen molar-refractivity contribution >= 4 is 45.9 Å². The van der Waals surface area contributed by atoms with E-state index in [2.05, 4.69) is 29.4 Å². The molecule has 0 aliphatic heterocycles. The number of amides is 1. The van der Waals surface area contributed by atoms with E-state index < -0.39 is 6.10 Å². The Morgan fingerprint density at radius 2 is 1.87 bits per heavy atom. The van der Waals surface area contributed by atoms with Gasteiger partial charge in [-0.2, -0.15) is 0 Å². The number of carbonyl (C=O) groups is 1. The molecular formula is C24H20Cl2N2O3. The van der Waals surface area contributed by atoms with E-state index in [1.807, 2.05) is 12.1 Å². The summed E-state index contributed by atoms with van der Waals surface area (Å²) in [6.07, 6.45) is 0.211. The van der Waals surface area contributed by atoms with E-state index in [0.717, 1.165) is 12.0 Å². The molecule has 4 aromatic rings. The first-order chi connectivity index (χ1) is 14.9. The molecule has 1 aromatic heterocycles. The molecule has 7 heteroatoms. The van der Waals surface area contributed by atoms with Gasteiger partial charge in [0.2, 0.25) is 5.89 Å². The fraction of sp³-hybridized carbons (Fsp3) is 0.167. The first-order valence-corrected chi connectivity index (χ1v) is 10.6. The van der Waals surface area contributed by atoms with Crippen LogP contribution in [-0.4, -0.2) is 17.0 Å². The third-order valence-corrected chi connectivity index (χ3v) is 5.36. The van der Waals surface area contributed by atoms with Gasteiger partial charge in [0.15, 0.2) is 11.7 Å². The van der Waals surface area contributed by atoms with E-state index in [0.29, 0.717) is 38.5 Å². The second-order valence-electron chi connectivity index (χ2n) is 7.08. The predicted octanol–water partition coefficient (Wildman–Crippen LogP) is 6.77. The second kappa shape index (κ2) is 9.00. The van der Waals surface area contributed by atoms with Crippen LogP contribution < -0.4 is 10.1 Å². The SMILES string of the molecule is CCc1ccc(-c2nc3cc(NC(=O)C(C)Oc4ccc(Cl)cc4Cl)ccc3o2)cc1. The minimum Gasteiger partial charge on any atom is -0.479 e. The van der Waals surface area contributed by atoms with E-state index in [9.17, 15) is 4.79 Å². The number of ether oxygens (including phenoxy) is 1. The summed E-state index contributed by atoms with van der Waals surface area (Å²) in [6, 6.07) is 18.3. The van der Waals surface area contributed by atoms with Gasteiger partial charge in [0.1, 0.15) is 11.3 Å². The third kappa shape index (κ3) is 4.84. The van der Waals surface area contributed by atoms with Crippen LogP contribution in [-0.2, 0) is 11.2 Å². The summed E-state index contributed by atoms with van der Waals surface area (Å²) in [5.74, 6) is 0.610. The highest BCUT2D eigenvalue weighted by atomic mass is 35.5. The number of aryl methyl sites for hydroxylation is 1. The summed E-state index contributed by atoms with van der Waals surface area (Å²) in [5, 5.41) is 3.67. The van der Waals surface area contributed by atoms with Crippen LogP contribution in [0.5, 0.6) is 5.75 Å². The number of oxazole rings is 1. The van der Waals surface area contributed by atoms with Gasteiger partial charge in [-0.25, -0.2) is 4.98 Å². The van der Waals surface area contributed by atoms with Gasteiger partial charge >= 0.3 is 0 Å². The van der Waals surface area contributed by atoms with Crippen molar-refractivity contribution in [2.24, 2.45) is 0 Å². The number of nitrogens with one attached hydrogen (secondary N) is 1. The number of nitrogens with zero attached hydrogens (tertiary/aromatic N) is 1. The Kier molecular flexibility index (Phi) is 6.16. The van der Waals surface area contributed by atoms with Crippen LogP contribution in [0.2, 0.25) is 10.0 Å². The van der Waals surface area contributed by atoms with Crippen molar-refractivity contribution in [1.82, 2.24) is 4.98 Å². The zero-order valence-electron chi connectivity index (χ0n) is 17.0. The van der Waals surface area contributed by atoms with Crippen molar-refractivity contribution in [2.75, 3.05) is 5.32 Å². The summed E-state index contributed by atoms with van der Waals surface area (Å²) in [5.41, 5.74) is 4.05. The number of anilines is 1. The zero-order valence-corrected chi connectivity index (χ0v) is 18.5. The molecule has 1 amide bonds. The number of carbonyl (C=O) groups excluding carboxylic acids is 1. The lowest BCUT2D eigenvalue weighted by Crippen LogP contribution is -2.30. The Morgan fingerprint density at radius 1 is 1.10 bits per heavy atom. The van der Waals surface area contributed by atoms with Crippen molar-refractivity contribution in [3.8, 4) is 17.2 Å². The maximum absolute atomic E-state index is 12.6. The minimum absolute atomic E-state index is 0.316. The maximum Gasteiger partial charge on any atom is 0.265 e. The quantitative estimate of drug-likeness (QED) is 0.349. The Balaban J connectivity index is 1.48. The molecule has 0 aliphatic rings. The topological polar surface area (TPSA) is 64.4 Å². The van der Waals surface area contributed by atoms with Crippen LogP contribution >= 0.6 is 23.2 Å². The monoisotopic (exact) mass is 454 g/mol. The predicted molar refractivity (Wildman–Crippen MR) is 124 cm³/mol. The summed E-state index contributed by atoms with van der Waals surface area (Å²) in [6.45, 7) is 3.76. The molecule has 1 N–H and O–H groups in total. The van der Waals surface area contributed by atoms with Crippen LogP contribution in [0, 0.1) is 0 Å². The average molecular weight is 455 g/mol. The maximum atomic E-state index is 12.6. The van der Waals surface area contributed by atoms with E-state index in [1.54, 1.807) is 43.3 Å². The Labute approximate surface area is 189 Å². The van der Waals surface area contributed by atoms with Gasteiger partial charge in [0.25, 0.3) is 5.91 Å². The summed E-state index contributed by atoms with van der Waals surface area (Å²) in [7, 11) is 0.